The molecule has 0 N–H and O–H groups in total. The van der Waals surface area contributed by atoms with Crippen LogP contribution in [0.2, 0.25) is 0 Å². The van der Waals surface area contributed by atoms with Crippen LogP contribution in [0.25, 0.3) is 0 Å². The maximum Gasteiger partial charge on any atom is 0.349 e. The van der Waals surface area contributed by atoms with Crippen LogP contribution in [-0.2, 0) is 0 Å². The number of hydrogen-bond acceptors (Lipinski definition) is 0. The predicted octanol–water partition coefficient (Wildman–Crippen LogP) is 3.39. The van der Waals surface area contributed by atoms with E-state index in [1.807, 2.05) is 0 Å². The maximum absolute atomic E-state index is 12.4. The van der Waals surface area contributed by atoms with Gasteiger partial charge in [0.05, 0.1) is 0 Å². The number of hydrogen-bond donors (Lipinski definition) is 0. The van der Waals surface area contributed by atoms with Gasteiger partial charge in [0.2, 0.25) is 6.17 Å². The zero-order chi connectivity index (χ0) is 12.5. The summed E-state index contributed by atoms with van der Waals surface area (Å²) in [7, 11) is 0. The molecule has 0 nitrogen and oxygen atoms in total. The van der Waals surface area contributed by atoms with E-state index in [-0.39, 0.29) is 0 Å². The molecule has 0 rings (SSSR count). The normalized spacial score (nSPS) is 16.3. The van der Waals surface area contributed by atoms with Crippen molar-refractivity contribution in [1.29, 1.82) is 0 Å². The minimum absolute atomic E-state index is 0.542. The van der Waals surface area contributed by atoms with Gasteiger partial charge in [-0.2, -0.15) is 26.3 Å². The van der Waals surface area contributed by atoms with Crippen molar-refractivity contribution in [2.45, 2.75) is 23.9 Å². The molecule has 0 aliphatic heterocycles. The van der Waals surface area contributed by atoms with Crippen LogP contribution in [0.5, 0.6) is 0 Å². The number of alkyl halides is 8. The van der Waals surface area contributed by atoms with Crippen molar-refractivity contribution in [3.63, 3.8) is 0 Å². The Balaban J connectivity index is 5.12. The average Bonchev–Trinajstić information content (AvgIpc) is 2.16. The molecule has 0 bridgehead atoms. The Labute approximate surface area is 79.6 Å². The Morgan fingerprint density at radius 2 is 1.47 bits per heavy atom. The highest BCUT2D eigenvalue weighted by Gasteiger charge is 2.68. The van der Waals surface area contributed by atoms with E-state index in [0.29, 0.717) is 0 Å². The third-order valence-electron chi connectivity index (χ3n) is 1.58. The van der Waals surface area contributed by atoms with E-state index < -0.39 is 36.7 Å². The smallest absolute Gasteiger partial charge is 0.244 e. The van der Waals surface area contributed by atoms with Crippen LogP contribution >= 0.6 is 0 Å². The number of rotatable bonds is 5. The molecule has 0 fully saturated rings. The third-order valence-corrected chi connectivity index (χ3v) is 1.58. The quantitative estimate of drug-likeness (QED) is 0.512. The lowest BCUT2D eigenvalue weighted by Gasteiger charge is -2.30. The summed E-state index contributed by atoms with van der Waals surface area (Å²) in [5.74, 6) is -16.2. The van der Waals surface area contributed by atoms with Gasteiger partial charge < -0.3 is 0 Å². The summed E-state index contributed by atoms with van der Waals surface area (Å²) >= 11 is 0. The molecule has 0 radical (unpaired) electrons. The molecule has 1 unspecified atom stereocenters. The van der Waals surface area contributed by atoms with Gasteiger partial charge >= 0.3 is 17.8 Å². The molecule has 1 atom stereocenters. The van der Waals surface area contributed by atoms with E-state index in [4.69, 9.17) is 0 Å². The van der Waals surface area contributed by atoms with Gasteiger partial charge in [-0.3, -0.25) is 0 Å². The molecule has 90 valence electrons. The van der Waals surface area contributed by atoms with Crippen molar-refractivity contribution < 1.29 is 35.1 Å². The maximum atomic E-state index is 12.4. The molecule has 0 saturated carbocycles. The molecule has 0 aliphatic rings. The molecule has 8 heteroatoms. The van der Waals surface area contributed by atoms with Crippen LogP contribution in [0.3, 0.4) is 0 Å². The summed E-state index contributed by atoms with van der Waals surface area (Å²) in [6.07, 6.45) is -5.08. The number of allylic oxidation sites excluding steroid dienone is 1. The van der Waals surface area contributed by atoms with Crippen LogP contribution in [0.4, 0.5) is 35.1 Å². The SMILES string of the molecule is C=CC(F)(F)C(F)C(F)(F)C(F)(F)CF. The molecule has 0 heterocycles. The molecule has 0 aromatic carbocycles. The second kappa shape index (κ2) is 3.97. The zero-order valence-electron chi connectivity index (χ0n) is 7.09. The van der Waals surface area contributed by atoms with Gasteiger partial charge in [-0.25, -0.2) is 8.78 Å². The van der Waals surface area contributed by atoms with Crippen LogP contribution in [0.1, 0.15) is 0 Å². The van der Waals surface area contributed by atoms with E-state index >= 15 is 0 Å². The highest BCUT2D eigenvalue weighted by Crippen LogP contribution is 2.44. The van der Waals surface area contributed by atoms with E-state index in [1.165, 1.54) is 0 Å². The van der Waals surface area contributed by atoms with E-state index in [2.05, 4.69) is 6.58 Å². The van der Waals surface area contributed by atoms with Crippen molar-refractivity contribution in [3.8, 4) is 0 Å². The predicted molar refractivity (Wildman–Crippen MR) is 35.9 cm³/mol. The Morgan fingerprint density at radius 1 is 1.07 bits per heavy atom. The van der Waals surface area contributed by atoms with Crippen molar-refractivity contribution in [2.24, 2.45) is 0 Å². The standard InChI is InChI=1S/C7H6F8/c1-2-5(10,11)4(9)7(14,15)6(12,13)3-8/h2,4H,1,3H2. The van der Waals surface area contributed by atoms with Crippen molar-refractivity contribution in [3.05, 3.63) is 12.7 Å². The van der Waals surface area contributed by atoms with Crippen molar-refractivity contribution >= 4 is 0 Å². The molecule has 0 aliphatic carbocycles. The van der Waals surface area contributed by atoms with Gasteiger partial charge in [0, 0.05) is 0 Å². The summed E-state index contributed by atoms with van der Waals surface area (Å²) in [5.41, 5.74) is 0. The largest absolute Gasteiger partial charge is 0.349 e. The van der Waals surface area contributed by atoms with E-state index in [9.17, 15) is 35.1 Å². The molecule has 0 aromatic rings. The monoisotopic (exact) mass is 242 g/mol. The Kier molecular flexibility index (Phi) is 3.76. The highest BCUT2D eigenvalue weighted by molar-refractivity contribution is 5.04. The van der Waals surface area contributed by atoms with Crippen LogP contribution < -0.4 is 0 Å². The van der Waals surface area contributed by atoms with Crippen molar-refractivity contribution in [2.75, 3.05) is 6.67 Å². The van der Waals surface area contributed by atoms with Gasteiger partial charge in [0.15, 0.2) is 6.67 Å². The Bertz CT molecular complexity index is 233. The fraction of sp³-hybridized carbons (Fsp3) is 0.714. The first-order valence-electron chi connectivity index (χ1n) is 3.50. The summed E-state index contributed by atoms with van der Waals surface area (Å²) in [6.45, 7) is -0.624. The fourth-order valence-corrected chi connectivity index (χ4v) is 0.620. The van der Waals surface area contributed by atoms with Crippen LogP contribution in [0.15, 0.2) is 12.7 Å². The first kappa shape index (κ1) is 14.2. The van der Waals surface area contributed by atoms with E-state index in [0.717, 1.165) is 0 Å². The first-order chi connectivity index (χ1) is 6.53. The topological polar surface area (TPSA) is 0 Å². The summed E-state index contributed by atoms with van der Waals surface area (Å²) in [6, 6.07) is 0. The summed E-state index contributed by atoms with van der Waals surface area (Å²) in [4.78, 5) is 0. The molecule has 0 spiro atoms. The lowest BCUT2D eigenvalue weighted by molar-refractivity contribution is -0.272. The van der Waals surface area contributed by atoms with Gasteiger partial charge in [-0.1, -0.05) is 6.58 Å². The third kappa shape index (κ3) is 2.40. The minimum Gasteiger partial charge on any atom is -0.244 e. The summed E-state index contributed by atoms with van der Waals surface area (Å²) in [5, 5.41) is 0. The zero-order valence-corrected chi connectivity index (χ0v) is 7.09. The molecule has 0 saturated heterocycles. The number of halogens is 8. The van der Waals surface area contributed by atoms with E-state index in [1.54, 1.807) is 0 Å². The van der Waals surface area contributed by atoms with Gasteiger partial charge in [-0.05, 0) is 6.08 Å². The molecular formula is C7H6F8. The lowest BCUT2D eigenvalue weighted by atomic mass is 10.0. The highest BCUT2D eigenvalue weighted by atomic mass is 19.3. The fourth-order valence-electron chi connectivity index (χ4n) is 0.620. The minimum atomic E-state index is -5.81. The Hall–Kier alpha value is -0.820. The second-order valence-electron chi connectivity index (χ2n) is 2.70. The van der Waals surface area contributed by atoms with Gasteiger partial charge in [-0.15, -0.1) is 0 Å². The van der Waals surface area contributed by atoms with Crippen LogP contribution in [0, 0.1) is 0 Å². The molecule has 15 heavy (non-hydrogen) atoms. The van der Waals surface area contributed by atoms with Gasteiger partial charge in [0.1, 0.15) is 0 Å². The van der Waals surface area contributed by atoms with Crippen LogP contribution in [-0.4, -0.2) is 30.6 Å². The summed E-state index contributed by atoms with van der Waals surface area (Å²) < 4.78 is 97.4. The second-order valence-corrected chi connectivity index (χ2v) is 2.70. The lowest BCUT2D eigenvalue weighted by Crippen LogP contribution is -2.55. The molecular weight excluding hydrogens is 236 g/mol. The molecule has 0 aromatic heterocycles. The first-order valence-corrected chi connectivity index (χ1v) is 3.50. The Morgan fingerprint density at radius 3 is 1.73 bits per heavy atom. The van der Waals surface area contributed by atoms with Crippen molar-refractivity contribution in [1.82, 2.24) is 0 Å². The van der Waals surface area contributed by atoms with Gasteiger partial charge in [0.25, 0.3) is 0 Å². The average molecular weight is 242 g/mol. The molecule has 0 amide bonds.